The average molecular weight is 293 g/mol. The molecule has 0 N–H and O–H groups in total. The predicted molar refractivity (Wildman–Crippen MR) is 64.7 cm³/mol. The van der Waals surface area contributed by atoms with Crippen LogP contribution in [0.25, 0.3) is 0 Å². The van der Waals surface area contributed by atoms with E-state index >= 15 is 0 Å². The molecule has 0 amide bonds. The lowest BCUT2D eigenvalue weighted by atomic mass is 10.1. The Kier molecular flexibility index (Phi) is 5.50. The van der Waals surface area contributed by atoms with Crippen LogP contribution in [-0.4, -0.2) is 37.2 Å². The number of halogens is 4. The summed E-state index contributed by atoms with van der Waals surface area (Å²) in [5.41, 5.74) is 0.122. The summed E-state index contributed by atoms with van der Waals surface area (Å²) in [6, 6.07) is 3.66. The highest BCUT2D eigenvalue weighted by molar-refractivity contribution is 5.89. The van der Waals surface area contributed by atoms with Gasteiger partial charge in [-0.05, 0) is 24.2 Å². The largest absolute Gasteiger partial charge is 0.465 e. The van der Waals surface area contributed by atoms with Crippen LogP contribution in [0.15, 0.2) is 18.2 Å². The fraction of sp³-hybridized carbons (Fsp3) is 0.462. The van der Waals surface area contributed by atoms with Crippen molar-refractivity contribution in [3.8, 4) is 0 Å². The monoisotopic (exact) mass is 293 g/mol. The predicted octanol–water partition coefficient (Wildman–Crippen LogP) is 3.00. The molecule has 0 aliphatic heterocycles. The van der Waals surface area contributed by atoms with Crippen molar-refractivity contribution in [2.45, 2.75) is 19.6 Å². The molecule has 1 aromatic carbocycles. The molecule has 0 unspecified atom stereocenters. The number of hydrogen-bond donors (Lipinski definition) is 0. The maximum absolute atomic E-state index is 13.6. The molecular weight excluding hydrogens is 278 g/mol. The van der Waals surface area contributed by atoms with Crippen LogP contribution in [0.2, 0.25) is 0 Å². The van der Waals surface area contributed by atoms with Crippen LogP contribution < -0.4 is 0 Å². The molecule has 1 rings (SSSR count). The lowest BCUT2D eigenvalue weighted by Gasteiger charge is -2.22. The number of methoxy groups -OCH3 is 1. The van der Waals surface area contributed by atoms with E-state index in [0.717, 1.165) is 18.1 Å². The van der Waals surface area contributed by atoms with Gasteiger partial charge in [0.15, 0.2) is 0 Å². The van der Waals surface area contributed by atoms with Gasteiger partial charge in [-0.3, -0.25) is 4.90 Å². The van der Waals surface area contributed by atoms with Gasteiger partial charge in [0, 0.05) is 6.54 Å². The van der Waals surface area contributed by atoms with Crippen LogP contribution in [-0.2, 0) is 11.3 Å². The maximum atomic E-state index is 13.6. The second-order valence-electron chi connectivity index (χ2n) is 4.22. The van der Waals surface area contributed by atoms with E-state index in [-0.39, 0.29) is 18.7 Å². The standard InChI is InChI=1S/C13H15F4NO2/c1-3-18(8-13(15,16)17)7-9-4-5-10(11(14)6-9)12(19)20-2/h4-6H,3,7-8H2,1-2H3. The number of nitrogens with zero attached hydrogens (tertiary/aromatic N) is 1. The average Bonchev–Trinajstić information content (AvgIpc) is 2.35. The molecule has 112 valence electrons. The van der Waals surface area contributed by atoms with Gasteiger partial charge in [-0.15, -0.1) is 0 Å². The lowest BCUT2D eigenvalue weighted by molar-refractivity contribution is -0.146. The molecular formula is C13H15F4NO2. The van der Waals surface area contributed by atoms with Crippen molar-refractivity contribution in [3.05, 3.63) is 35.1 Å². The van der Waals surface area contributed by atoms with E-state index < -0.39 is 24.5 Å². The van der Waals surface area contributed by atoms with Gasteiger partial charge in [0.1, 0.15) is 5.82 Å². The molecule has 0 radical (unpaired) electrons. The molecule has 0 spiro atoms. The van der Waals surface area contributed by atoms with Gasteiger partial charge in [0.25, 0.3) is 0 Å². The lowest BCUT2D eigenvalue weighted by Crippen LogP contribution is -2.33. The molecule has 0 bridgehead atoms. The Morgan fingerprint density at radius 2 is 2.00 bits per heavy atom. The third kappa shape index (κ3) is 4.80. The first-order valence-electron chi connectivity index (χ1n) is 5.92. The second-order valence-corrected chi connectivity index (χ2v) is 4.22. The van der Waals surface area contributed by atoms with Crippen LogP contribution in [0.3, 0.4) is 0 Å². The van der Waals surface area contributed by atoms with Gasteiger partial charge in [0.05, 0.1) is 19.2 Å². The Labute approximate surface area is 114 Å². The summed E-state index contributed by atoms with van der Waals surface area (Å²) in [4.78, 5) is 12.3. The SMILES string of the molecule is CCN(Cc1ccc(C(=O)OC)c(F)c1)CC(F)(F)F. The molecule has 0 atom stereocenters. The zero-order valence-electron chi connectivity index (χ0n) is 11.1. The zero-order valence-corrected chi connectivity index (χ0v) is 11.1. The van der Waals surface area contributed by atoms with E-state index in [2.05, 4.69) is 4.74 Å². The highest BCUT2D eigenvalue weighted by Gasteiger charge is 2.30. The fourth-order valence-corrected chi connectivity index (χ4v) is 1.72. The van der Waals surface area contributed by atoms with Crippen LogP contribution >= 0.6 is 0 Å². The first-order valence-corrected chi connectivity index (χ1v) is 5.92. The van der Waals surface area contributed by atoms with E-state index in [1.54, 1.807) is 6.92 Å². The minimum atomic E-state index is -4.31. The summed E-state index contributed by atoms with van der Waals surface area (Å²) >= 11 is 0. The number of carbonyl (C=O) groups excluding carboxylic acids is 1. The van der Waals surface area contributed by atoms with E-state index in [0.29, 0.717) is 5.56 Å². The molecule has 20 heavy (non-hydrogen) atoms. The van der Waals surface area contributed by atoms with Crippen molar-refractivity contribution in [2.24, 2.45) is 0 Å². The Bertz CT molecular complexity index is 474. The number of ether oxygens (including phenoxy) is 1. The molecule has 0 aliphatic carbocycles. The Hall–Kier alpha value is -1.63. The quantitative estimate of drug-likeness (QED) is 0.617. The Morgan fingerprint density at radius 3 is 2.45 bits per heavy atom. The molecule has 0 saturated heterocycles. The smallest absolute Gasteiger partial charge is 0.401 e. The van der Waals surface area contributed by atoms with E-state index in [9.17, 15) is 22.4 Å². The molecule has 0 heterocycles. The van der Waals surface area contributed by atoms with E-state index in [1.807, 2.05) is 0 Å². The van der Waals surface area contributed by atoms with Crippen molar-refractivity contribution < 1.29 is 27.1 Å². The molecule has 0 aromatic heterocycles. The number of benzene rings is 1. The van der Waals surface area contributed by atoms with Crippen molar-refractivity contribution in [1.29, 1.82) is 0 Å². The van der Waals surface area contributed by atoms with Gasteiger partial charge in [-0.1, -0.05) is 13.0 Å². The molecule has 0 fully saturated rings. The summed E-state index contributed by atoms with van der Waals surface area (Å²) in [6.45, 7) is 0.656. The Balaban J connectivity index is 2.82. The topological polar surface area (TPSA) is 29.5 Å². The van der Waals surface area contributed by atoms with Gasteiger partial charge >= 0.3 is 12.1 Å². The first kappa shape index (κ1) is 16.4. The van der Waals surface area contributed by atoms with Crippen LogP contribution in [0.1, 0.15) is 22.8 Å². The van der Waals surface area contributed by atoms with Crippen LogP contribution in [0.4, 0.5) is 17.6 Å². The van der Waals surface area contributed by atoms with Crippen molar-refractivity contribution in [1.82, 2.24) is 4.90 Å². The molecule has 0 saturated carbocycles. The zero-order chi connectivity index (χ0) is 15.3. The van der Waals surface area contributed by atoms with E-state index in [1.165, 1.54) is 12.1 Å². The highest BCUT2D eigenvalue weighted by Crippen LogP contribution is 2.19. The summed E-state index contributed by atoms with van der Waals surface area (Å²) in [5.74, 6) is -1.63. The third-order valence-corrected chi connectivity index (χ3v) is 2.70. The third-order valence-electron chi connectivity index (χ3n) is 2.70. The number of alkyl halides is 3. The fourth-order valence-electron chi connectivity index (χ4n) is 1.72. The van der Waals surface area contributed by atoms with Gasteiger partial charge in [-0.2, -0.15) is 13.2 Å². The molecule has 1 aromatic rings. The number of esters is 1. The van der Waals surface area contributed by atoms with Crippen LogP contribution in [0, 0.1) is 5.82 Å². The number of carbonyl (C=O) groups is 1. The Morgan fingerprint density at radius 1 is 1.35 bits per heavy atom. The number of hydrogen-bond acceptors (Lipinski definition) is 3. The van der Waals surface area contributed by atoms with Gasteiger partial charge in [0.2, 0.25) is 0 Å². The summed E-state index contributed by atoms with van der Waals surface area (Å²) in [5, 5.41) is 0. The molecule has 3 nitrogen and oxygen atoms in total. The second kappa shape index (κ2) is 6.69. The highest BCUT2D eigenvalue weighted by atomic mass is 19.4. The summed E-state index contributed by atoms with van der Waals surface area (Å²) < 4.78 is 55.0. The minimum Gasteiger partial charge on any atom is -0.465 e. The van der Waals surface area contributed by atoms with E-state index in [4.69, 9.17) is 0 Å². The number of rotatable bonds is 5. The van der Waals surface area contributed by atoms with Gasteiger partial charge in [-0.25, -0.2) is 9.18 Å². The van der Waals surface area contributed by atoms with Crippen molar-refractivity contribution in [2.75, 3.05) is 20.2 Å². The van der Waals surface area contributed by atoms with Gasteiger partial charge < -0.3 is 4.74 Å². The molecule has 7 heteroatoms. The first-order chi connectivity index (χ1) is 9.26. The van der Waals surface area contributed by atoms with Crippen molar-refractivity contribution >= 4 is 5.97 Å². The molecule has 0 aliphatic rings. The summed E-state index contributed by atoms with van der Waals surface area (Å²) in [6.07, 6.45) is -4.31. The van der Waals surface area contributed by atoms with Crippen LogP contribution in [0.5, 0.6) is 0 Å². The maximum Gasteiger partial charge on any atom is 0.401 e. The normalized spacial score (nSPS) is 11.8. The minimum absolute atomic E-state index is 0.0472. The summed E-state index contributed by atoms with van der Waals surface area (Å²) in [7, 11) is 1.12. The van der Waals surface area contributed by atoms with Crippen molar-refractivity contribution in [3.63, 3.8) is 0 Å².